The number of anilines is 1. The van der Waals surface area contributed by atoms with Crippen molar-refractivity contribution in [3.05, 3.63) is 42.1 Å². The molecule has 5 nitrogen and oxygen atoms in total. The Morgan fingerprint density at radius 3 is 2.74 bits per heavy atom. The smallest absolute Gasteiger partial charge is 0.227 e. The van der Waals surface area contributed by atoms with Gasteiger partial charge in [0.2, 0.25) is 5.91 Å². The summed E-state index contributed by atoms with van der Waals surface area (Å²) in [5.41, 5.74) is 4.98. The highest BCUT2D eigenvalue weighted by Gasteiger charge is 2.22. The summed E-state index contributed by atoms with van der Waals surface area (Å²) in [6.45, 7) is 2.89. The summed E-state index contributed by atoms with van der Waals surface area (Å²) in [6, 6.07) is 10.1. The van der Waals surface area contributed by atoms with Gasteiger partial charge < -0.3 is 4.90 Å². The molecule has 1 amide bonds. The van der Waals surface area contributed by atoms with Gasteiger partial charge in [-0.15, -0.1) is 0 Å². The molecule has 0 bridgehead atoms. The van der Waals surface area contributed by atoms with Crippen LogP contribution in [0.4, 0.5) is 5.69 Å². The molecule has 3 heterocycles. The molecule has 1 aromatic carbocycles. The van der Waals surface area contributed by atoms with Gasteiger partial charge in [-0.1, -0.05) is 0 Å². The van der Waals surface area contributed by atoms with Gasteiger partial charge in [-0.2, -0.15) is 5.10 Å². The molecule has 4 rings (SSSR count). The van der Waals surface area contributed by atoms with E-state index in [1.54, 1.807) is 6.20 Å². The van der Waals surface area contributed by atoms with Crippen LogP contribution in [0.2, 0.25) is 0 Å². The maximum Gasteiger partial charge on any atom is 0.227 e. The number of hydrogen-bond donors (Lipinski definition) is 0. The zero-order valence-corrected chi connectivity index (χ0v) is 13.3. The number of hydrogen-bond acceptors (Lipinski definition) is 3. The van der Waals surface area contributed by atoms with Crippen molar-refractivity contribution in [3.63, 3.8) is 0 Å². The second-order valence-corrected chi connectivity index (χ2v) is 6.01. The Kier molecular flexibility index (Phi) is 3.15. The number of rotatable bonds is 2. The van der Waals surface area contributed by atoms with Crippen LogP contribution in [0.3, 0.4) is 0 Å². The van der Waals surface area contributed by atoms with Crippen molar-refractivity contribution in [3.8, 4) is 11.4 Å². The topological polar surface area (TPSA) is 51.0 Å². The van der Waals surface area contributed by atoms with Gasteiger partial charge in [0.05, 0.1) is 16.9 Å². The standard InChI is InChI=1S/C18H18N4O/c1-12-10-16(17-7-8-19-21(17)2)20-15-6-5-13(11-14(12)15)22-9-3-4-18(22)23/h5-8,10-11H,3-4,9H2,1-2H3. The molecule has 3 aromatic rings. The third kappa shape index (κ3) is 2.29. The van der Waals surface area contributed by atoms with E-state index in [1.165, 1.54) is 0 Å². The first-order valence-electron chi connectivity index (χ1n) is 7.83. The molecule has 0 atom stereocenters. The number of aromatic nitrogens is 3. The summed E-state index contributed by atoms with van der Waals surface area (Å²) in [6.07, 6.45) is 3.36. The van der Waals surface area contributed by atoms with E-state index in [0.29, 0.717) is 6.42 Å². The van der Waals surface area contributed by atoms with Crippen molar-refractivity contribution in [1.82, 2.24) is 14.8 Å². The van der Waals surface area contributed by atoms with Crippen molar-refractivity contribution in [1.29, 1.82) is 0 Å². The fourth-order valence-electron chi connectivity index (χ4n) is 3.23. The van der Waals surface area contributed by atoms with Crippen molar-refractivity contribution in [2.24, 2.45) is 7.05 Å². The Morgan fingerprint density at radius 2 is 2.04 bits per heavy atom. The van der Waals surface area contributed by atoms with E-state index in [0.717, 1.165) is 46.5 Å². The summed E-state index contributed by atoms with van der Waals surface area (Å²) in [5, 5.41) is 5.30. The average Bonchev–Trinajstić information content (AvgIpc) is 3.15. The highest BCUT2D eigenvalue weighted by atomic mass is 16.2. The molecule has 2 aromatic heterocycles. The Labute approximate surface area is 134 Å². The predicted molar refractivity (Wildman–Crippen MR) is 90.3 cm³/mol. The van der Waals surface area contributed by atoms with Crippen LogP contribution in [-0.4, -0.2) is 27.2 Å². The van der Waals surface area contributed by atoms with Gasteiger partial charge in [-0.25, -0.2) is 4.98 Å². The van der Waals surface area contributed by atoms with Gasteiger partial charge in [0.15, 0.2) is 0 Å². The number of aryl methyl sites for hydroxylation is 2. The zero-order valence-electron chi connectivity index (χ0n) is 13.3. The summed E-state index contributed by atoms with van der Waals surface area (Å²) in [5.74, 6) is 0.210. The molecular formula is C18H18N4O. The van der Waals surface area contributed by atoms with E-state index in [2.05, 4.69) is 24.2 Å². The predicted octanol–water partition coefficient (Wildman–Crippen LogP) is 3.07. The zero-order chi connectivity index (χ0) is 16.0. The van der Waals surface area contributed by atoms with Gasteiger partial charge in [-0.05, 0) is 49.2 Å². The van der Waals surface area contributed by atoms with E-state index in [4.69, 9.17) is 4.98 Å². The number of carbonyl (C=O) groups excluding carboxylic acids is 1. The number of amides is 1. The fourth-order valence-corrected chi connectivity index (χ4v) is 3.23. The van der Waals surface area contributed by atoms with Gasteiger partial charge in [0, 0.05) is 37.3 Å². The van der Waals surface area contributed by atoms with E-state index in [9.17, 15) is 4.79 Å². The quantitative estimate of drug-likeness (QED) is 0.731. The third-order valence-corrected chi connectivity index (χ3v) is 4.47. The van der Waals surface area contributed by atoms with Gasteiger partial charge in [0.1, 0.15) is 0 Å². The number of benzene rings is 1. The molecule has 116 valence electrons. The van der Waals surface area contributed by atoms with E-state index >= 15 is 0 Å². The lowest BCUT2D eigenvalue weighted by molar-refractivity contribution is -0.117. The molecule has 1 saturated heterocycles. The highest BCUT2D eigenvalue weighted by Crippen LogP contribution is 2.29. The van der Waals surface area contributed by atoms with Crippen LogP contribution < -0.4 is 4.90 Å². The van der Waals surface area contributed by atoms with Crippen LogP contribution in [0, 0.1) is 6.92 Å². The molecule has 0 unspecified atom stereocenters. The average molecular weight is 306 g/mol. The molecule has 1 aliphatic heterocycles. The second kappa shape index (κ2) is 5.19. The highest BCUT2D eigenvalue weighted by molar-refractivity contribution is 5.98. The maximum absolute atomic E-state index is 11.9. The van der Waals surface area contributed by atoms with Crippen molar-refractivity contribution < 1.29 is 4.79 Å². The van der Waals surface area contributed by atoms with Crippen molar-refractivity contribution in [2.45, 2.75) is 19.8 Å². The maximum atomic E-state index is 11.9. The Bertz CT molecular complexity index is 913. The normalized spacial score (nSPS) is 14.9. The number of pyridine rings is 1. The molecule has 0 aliphatic carbocycles. The SMILES string of the molecule is Cc1cc(-c2ccnn2C)nc2ccc(N3CCCC3=O)cc12. The number of nitrogens with zero attached hydrogens (tertiary/aromatic N) is 4. The third-order valence-electron chi connectivity index (χ3n) is 4.47. The first-order valence-corrected chi connectivity index (χ1v) is 7.83. The molecule has 0 radical (unpaired) electrons. The first-order chi connectivity index (χ1) is 11.1. The first kappa shape index (κ1) is 13.9. The summed E-state index contributed by atoms with van der Waals surface area (Å²) >= 11 is 0. The van der Waals surface area contributed by atoms with Crippen molar-refractivity contribution in [2.75, 3.05) is 11.4 Å². The summed E-state index contributed by atoms with van der Waals surface area (Å²) < 4.78 is 1.82. The van der Waals surface area contributed by atoms with Crippen molar-refractivity contribution >= 4 is 22.5 Å². The molecule has 5 heteroatoms. The van der Waals surface area contributed by atoms with E-state index in [1.807, 2.05) is 34.8 Å². The minimum Gasteiger partial charge on any atom is -0.312 e. The Morgan fingerprint density at radius 1 is 1.17 bits per heavy atom. The molecular weight excluding hydrogens is 288 g/mol. The lowest BCUT2D eigenvalue weighted by atomic mass is 10.1. The van der Waals surface area contributed by atoms with Gasteiger partial charge >= 0.3 is 0 Å². The number of fused-ring (bicyclic) bond motifs is 1. The molecule has 0 N–H and O–H groups in total. The lowest BCUT2D eigenvalue weighted by Crippen LogP contribution is -2.23. The van der Waals surface area contributed by atoms with E-state index < -0.39 is 0 Å². The molecule has 0 spiro atoms. The minimum absolute atomic E-state index is 0.210. The minimum atomic E-state index is 0.210. The van der Waals surface area contributed by atoms with Crippen LogP contribution in [0.5, 0.6) is 0 Å². The fraction of sp³-hybridized carbons (Fsp3) is 0.278. The summed E-state index contributed by atoms with van der Waals surface area (Å²) in [7, 11) is 1.92. The lowest BCUT2D eigenvalue weighted by Gasteiger charge is -2.17. The Balaban J connectivity index is 1.83. The van der Waals surface area contributed by atoms with Crippen LogP contribution in [0.15, 0.2) is 36.5 Å². The molecule has 0 saturated carbocycles. The van der Waals surface area contributed by atoms with Gasteiger partial charge in [0.25, 0.3) is 0 Å². The second-order valence-electron chi connectivity index (χ2n) is 6.01. The van der Waals surface area contributed by atoms with Gasteiger partial charge in [-0.3, -0.25) is 9.48 Å². The van der Waals surface area contributed by atoms with E-state index in [-0.39, 0.29) is 5.91 Å². The monoisotopic (exact) mass is 306 g/mol. The summed E-state index contributed by atoms with van der Waals surface area (Å²) in [4.78, 5) is 18.6. The van der Waals surface area contributed by atoms with Crippen LogP contribution in [0.1, 0.15) is 18.4 Å². The number of carbonyl (C=O) groups is 1. The Hall–Kier alpha value is -2.69. The molecule has 23 heavy (non-hydrogen) atoms. The van der Waals surface area contributed by atoms with Crippen LogP contribution >= 0.6 is 0 Å². The van der Waals surface area contributed by atoms with Crippen LogP contribution in [0.25, 0.3) is 22.3 Å². The molecule has 1 aliphatic rings. The van der Waals surface area contributed by atoms with Crippen LogP contribution in [-0.2, 0) is 11.8 Å². The molecule has 1 fully saturated rings. The largest absolute Gasteiger partial charge is 0.312 e.